The zero-order chi connectivity index (χ0) is 16.6. The second-order valence-electron chi connectivity index (χ2n) is 6.45. The van der Waals surface area contributed by atoms with Gasteiger partial charge in [0.15, 0.2) is 0 Å². The van der Waals surface area contributed by atoms with Gasteiger partial charge in [-0.25, -0.2) is 0 Å². The van der Waals surface area contributed by atoms with Crippen LogP contribution < -0.4 is 0 Å². The molecule has 0 spiro atoms. The summed E-state index contributed by atoms with van der Waals surface area (Å²) in [4.78, 5) is 34.2. The van der Waals surface area contributed by atoms with Crippen molar-refractivity contribution in [2.24, 2.45) is 11.8 Å². The third kappa shape index (κ3) is 2.83. The molecule has 4 atom stereocenters. The van der Waals surface area contributed by atoms with Gasteiger partial charge in [0.1, 0.15) is 5.78 Å². The number of non-ortho nitro benzene ring substituents is 1. The molecule has 1 aromatic carbocycles. The number of benzene rings is 1. The van der Waals surface area contributed by atoms with Crippen molar-refractivity contribution in [1.29, 1.82) is 0 Å². The Hall–Kier alpha value is -2.31. The zero-order valence-electron chi connectivity index (χ0n) is 12.6. The van der Waals surface area contributed by atoms with E-state index in [2.05, 4.69) is 0 Å². The molecule has 0 radical (unpaired) electrons. The first-order chi connectivity index (χ1) is 11.0. The van der Waals surface area contributed by atoms with Crippen molar-refractivity contribution in [3.05, 3.63) is 50.1 Å². The Kier molecular flexibility index (Phi) is 4.11. The second-order valence-corrected chi connectivity index (χ2v) is 6.45. The van der Waals surface area contributed by atoms with Crippen LogP contribution in [-0.2, 0) is 4.79 Å². The van der Waals surface area contributed by atoms with Gasteiger partial charge in [-0.1, -0.05) is 25.0 Å². The summed E-state index contributed by atoms with van der Waals surface area (Å²) in [6.45, 7) is 0. The maximum absolute atomic E-state index is 12.6. The maximum atomic E-state index is 12.6. The minimum Gasteiger partial charge on any atom is -0.299 e. The molecule has 23 heavy (non-hydrogen) atoms. The van der Waals surface area contributed by atoms with Crippen molar-refractivity contribution in [3.63, 3.8) is 0 Å². The molecule has 0 N–H and O–H groups in total. The van der Waals surface area contributed by atoms with E-state index in [0.717, 1.165) is 19.3 Å². The average molecular weight is 318 g/mol. The molecule has 0 aliphatic heterocycles. The standard InChI is InChI=1S/C16H18N2O5/c19-16-11-3-1-2-4-13(16)15(14(9-11)18(22)23)10-5-7-12(8-6-10)17(20)21/h5-8,11,13-15H,1-4,9H2/t11-,13+,14+,15+/m1/s1. The summed E-state index contributed by atoms with van der Waals surface area (Å²) in [7, 11) is 0. The molecule has 2 bridgehead atoms. The SMILES string of the molecule is O=C1[C@@H]2CCCC[C@H]1[C@H](c1ccc([N+](=O)[O-])cc1)[C@@H]([N+](=O)[O-])C2. The number of Topliss-reactive ketones (excluding diaryl/α,β-unsaturated/α-hetero) is 1. The van der Waals surface area contributed by atoms with Gasteiger partial charge in [0.05, 0.1) is 10.8 Å². The summed E-state index contributed by atoms with van der Waals surface area (Å²) in [5, 5.41) is 22.3. The van der Waals surface area contributed by atoms with Gasteiger partial charge < -0.3 is 0 Å². The molecule has 0 heterocycles. The summed E-state index contributed by atoms with van der Waals surface area (Å²) >= 11 is 0. The molecule has 0 aromatic heterocycles. The highest BCUT2D eigenvalue weighted by Crippen LogP contribution is 2.45. The first kappa shape index (κ1) is 15.6. The van der Waals surface area contributed by atoms with Crippen molar-refractivity contribution < 1.29 is 14.6 Å². The Bertz CT molecular complexity index is 642. The van der Waals surface area contributed by atoms with E-state index in [-0.39, 0.29) is 34.7 Å². The molecular formula is C16H18N2O5. The second kappa shape index (κ2) is 6.06. The van der Waals surface area contributed by atoms with Gasteiger partial charge in [-0.3, -0.25) is 25.0 Å². The Balaban J connectivity index is 1.99. The number of fused-ring (bicyclic) bond motifs is 2. The molecule has 0 unspecified atom stereocenters. The number of nitrogens with zero attached hydrogens (tertiary/aromatic N) is 2. The molecule has 2 aliphatic rings. The minimum absolute atomic E-state index is 0.0488. The van der Waals surface area contributed by atoms with E-state index in [1.54, 1.807) is 12.1 Å². The van der Waals surface area contributed by atoms with Gasteiger partial charge in [-0.15, -0.1) is 0 Å². The number of hydrogen-bond donors (Lipinski definition) is 0. The lowest BCUT2D eigenvalue weighted by atomic mass is 9.67. The third-order valence-electron chi connectivity index (χ3n) is 5.22. The van der Waals surface area contributed by atoms with Crippen molar-refractivity contribution >= 4 is 11.5 Å². The van der Waals surface area contributed by atoms with Crippen LogP contribution in [0.2, 0.25) is 0 Å². The number of rotatable bonds is 3. The van der Waals surface area contributed by atoms with E-state index in [1.165, 1.54) is 12.1 Å². The number of hydrogen-bond acceptors (Lipinski definition) is 5. The van der Waals surface area contributed by atoms with Gasteiger partial charge in [0.2, 0.25) is 6.04 Å². The van der Waals surface area contributed by atoms with E-state index in [1.807, 2.05) is 0 Å². The van der Waals surface area contributed by atoms with Crippen LogP contribution in [0.15, 0.2) is 24.3 Å². The molecule has 3 rings (SSSR count). The third-order valence-corrected chi connectivity index (χ3v) is 5.22. The molecule has 2 aliphatic carbocycles. The van der Waals surface area contributed by atoms with Gasteiger partial charge in [-0.2, -0.15) is 0 Å². The van der Waals surface area contributed by atoms with Crippen LogP contribution in [0.1, 0.15) is 43.6 Å². The van der Waals surface area contributed by atoms with E-state index in [9.17, 15) is 25.0 Å². The van der Waals surface area contributed by atoms with Gasteiger partial charge >= 0.3 is 0 Å². The fourth-order valence-corrected chi connectivity index (χ4v) is 4.13. The largest absolute Gasteiger partial charge is 0.299 e. The highest BCUT2D eigenvalue weighted by atomic mass is 16.6. The van der Waals surface area contributed by atoms with E-state index in [4.69, 9.17) is 0 Å². The number of carbonyl (C=O) groups is 1. The topological polar surface area (TPSA) is 103 Å². The van der Waals surface area contributed by atoms with Crippen LogP contribution in [0.25, 0.3) is 0 Å². The molecule has 0 saturated heterocycles. The lowest BCUT2D eigenvalue weighted by molar-refractivity contribution is -0.531. The normalized spacial score (nSPS) is 30.5. The van der Waals surface area contributed by atoms with Gasteiger partial charge in [0.25, 0.3) is 5.69 Å². The summed E-state index contributed by atoms with van der Waals surface area (Å²) in [5.41, 5.74) is 0.614. The van der Waals surface area contributed by atoms with Crippen LogP contribution in [-0.4, -0.2) is 21.7 Å². The Labute approximate surface area is 133 Å². The maximum Gasteiger partial charge on any atom is 0.269 e. The number of nitro benzene ring substituents is 1. The van der Waals surface area contributed by atoms with Crippen molar-refractivity contribution in [2.45, 2.75) is 44.1 Å². The number of ketones is 1. The van der Waals surface area contributed by atoms with E-state index >= 15 is 0 Å². The minimum atomic E-state index is -0.790. The van der Waals surface area contributed by atoms with Crippen molar-refractivity contribution in [2.75, 3.05) is 0 Å². The molecule has 7 heteroatoms. The predicted octanol–water partition coefficient (Wildman–Crippen LogP) is 3.10. The number of nitro groups is 2. The molecule has 2 saturated carbocycles. The highest BCUT2D eigenvalue weighted by molar-refractivity contribution is 5.85. The molecule has 1 aromatic rings. The molecule has 0 amide bonds. The highest BCUT2D eigenvalue weighted by Gasteiger charge is 2.50. The van der Waals surface area contributed by atoms with Gasteiger partial charge in [0, 0.05) is 35.3 Å². The van der Waals surface area contributed by atoms with Gasteiger partial charge in [-0.05, 0) is 18.4 Å². The zero-order valence-corrected chi connectivity index (χ0v) is 12.6. The molecule has 2 fully saturated rings. The Morgan fingerprint density at radius 2 is 1.65 bits per heavy atom. The van der Waals surface area contributed by atoms with Crippen molar-refractivity contribution in [3.8, 4) is 0 Å². The van der Waals surface area contributed by atoms with Crippen molar-refractivity contribution in [1.82, 2.24) is 0 Å². The molecule has 122 valence electrons. The summed E-state index contributed by atoms with van der Waals surface area (Å²) in [6, 6.07) is 5.07. The lowest BCUT2D eigenvalue weighted by Gasteiger charge is -2.35. The summed E-state index contributed by atoms with van der Waals surface area (Å²) in [5.74, 6) is -0.878. The van der Waals surface area contributed by atoms with E-state index < -0.39 is 16.9 Å². The van der Waals surface area contributed by atoms with E-state index in [0.29, 0.717) is 12.0 Å². The number of carbonyl (C=O) groups excluding carboxylic acids is 1. The van der Waals surface area contributed by atoms with Crippen LogP contribution >= 0.6 is 0 Å². The summed E-state index contributed by atoms with van der Waals surface area (Å²) < 4.78 is 0. The molecule has 7 nitrogen and oxygen atoms in total. The Morgan fingerprint density at radius 3 is 2.26 bits per heavy atom. The smallest absolute Gasteiger partial charge is 0.269 e. The van der Waals surface area contributed by atoms with Crippen LogP contribution in [0, 0.1) is 32.1 Å². The first-order valence-electron chi connectivity index (χ1n) is 7.90. The van der Waals surface area contributed by atoms with Crippen LogP contribution in [0.5, 0.6) is 0 Å². The fraction of sp³-hybridized carbons (Fsp3) is 0.562. The predicted molar refractivity (Wildman–Crippen MR) is 81.7 cm³/mol. The fourth-order valence-electron chi connectivity index (χ4n) is 4.13. The van der Waals surface area contributed by atoms with Crippen LogP contribution in [0.4, 0.5) is 5.69 Å². The monoisotopic (exact) mass is 318 g/mol. The lowest BCUT2D eigenvalue weighted by Crippen LogP contribution is -2.44. The average Bonchev–Trinajstić information content (AvgIpc) is 2.64. The first-order valence-corrected chi connectivity index (χ1v) is 7.90. The summed E-state index contributed by atoms with van der Waals surface area (Å²) in [6.07, 6.45) is 3.53. The molecular weight excluding hydrogens is 300 g/mol. The van der Waals surface area contributed by atoms with Crippen LogP contribution in [0.3, 0.4) is 0 Å². The quantitative estimate of drug-likeness (QED) is 0.629. The Morgan fingerprint density at radius 1 is 1.00 bits per heavy atom.